The molecule has 1 rings (SSSR count). The third-order valence-electron chi connectivity index (χ3n) is 2.51. The van der Waals surface area contributed by atoms with Crippen LogP contribution in [0, 0.1) is 0 Å². The number of hydrogen-bond donors (Lipinski definition) is 2. The minimum absolute atomic E-state index is 0.232. The van der Waals surface area contributed by atoms with Gasteiger partial charge in [-0.3, -0.25) is 4.79 Å². The molecule has 0 aliphatic rings. The Balaban J connectivity index is 0.000000486. The smallest absolute Gasteiger partial charge is 0.475 e. The fraction of sp³-hybridized carbons (Fsp3) is 0.429. The minimum atomic E-state index is -5.08. The predicted molar refractivity (Wildman–Crippen MR) is 71.9 cm³/mol. The highest BCUT2D eigenvalue weighted by Gasteiger charge is 2.38. The number of rotatable bonds is 5. The van der Waals surface area contributed by atoms with Gasteiger partial charge >= 0.3 is 12.1 Å². The van der Waals surface area contributed by atoms with Gasteiger partial charge in [-0.2, -0.15) is 13.2 Å². The summed E-state index contributed by atoms with van der Waals surface area (Å²) in [7, 11) is 0. The Morgan fingerprint density at radius 3 is 2.00 bits per heavy atom. The van der Waals surface area contributed by atoms with Gasteiger partial charge < -0.3 is 10.8 Å². The molecule has 0 atom stereocenters. The standard InChI is InChI=1S/C12H17NO.C2HF3O2/c1-2-3-4-12(14)11-7-5-10(9-13)6-8-11;3-2(4,5)1(6)7/h5-8H,2-4,9,13H2,1H3;(H,6,7). The van der Waals surface area contributed by atoms with Crippen molar-refractivity contribution in [3.63, 3.8) is 0 Å². The monoisotopic (exact) mass is 305 g/mol. The van der Waals surface area contributed by atoms with E-state index in [1.54, 1.807) is 0 Å². The van der Waals surface area contributed by atoms with Crippen molar-refractivity contribution in [1.29, 1.82) is 0 Å². The van der Waals surface area contributed by atoms with Gasteiger partial charge in [0.05, 0.1) is 0 Å². The van der Waals surface area contributed by atoms with Crippen LogP contribution >= 0.6 is 0 Å². The molecule has 0 saturated heterocycles. The van der Waals surface area contributed by atoms with Gasteiger partial charge in [-0.1, -0.05) is 37.6 Å². The number of nitrogens with two attached hydrogens (primary N) is 1. The number of carboxylic acid groups (broad SMARTS) is 1. The van der Waals surface area contributed by atoms with E-state index in [-0.39, 0.29) is 5.78 Å². The quantitative estimate of drug-likeness (QED) is 0.819. The number of carboxylic acids is 1. The van der Waals surface area contributed by atoms with Gasteiger partial charge in [0.15, 0.2) is 5.78 Å². The maximum Gasteiger partial charge on any atom is 0.490 e. The first-order chi connectivity index (χ1) is 9.72. The van der Waals surface area contributed by atoms with E-state index in [0.717, 1.165) is 24.0 Å². The summed E-state index contributed by atoms with van der Waals surface area (Å²) in [6, 6.07) is 7.55. The number of aliphatic carboxylic acids is 1. The molecule has 0 saturated carbocycles. The highest BCUT2D eigenvalue weighted by Crippen LogP contribution is 2.13. The van der Waals surface area contributed by atoms with Gasteiger partial charge in [-0.15, -0.1) is 0 Å². The number of unbranched alkanes of at least 4 members (excludes halogenated alkanes) is 1. The Labute approximate surface area is 120 Å². The highest BCUT2D eigenvalue weighted by molar-refractivity contribution is 5.96. The van der Waals surface area contributed by atoms with E-state index in [1.165, 1.54) is 0 Å². The lowest BCUT2D eigenvalue weighted by Gasteiger charge is -2.01. The van der Waals surface area contributed by atoms with E-state index in [1.807, 2.05) is 24.3 Å². The van der Waals surface area contributed by atoms with E-state index in [9.17, 15) is 18.0 Å². The molecule has 118 valence electrons. The number of alkyl halides is 3. The molecular weight excluding hydrogens is 287 g/mol. The third kappa shape index (κ3) is 8.09. The average molecular weight is 305 g/mol. The summed E-state index contributed by atoms with van der Waals surface area (Å²) in [5, 5.41) is 7.12. The molecule has 0 aliphatic heterocycles. The summed E-state index contributed by atoms with van der Waals surface area (Å²) >= 11 is 0. The van der Waals surface area contributed by atoms with Crippen LogP contribution in [0.25, 0.3) is 0 Å². The summed E-state index contributed by atoms with van der Waals surface area (Å²) in [5.74, 6) is -2.53. The Hall–Kier alpha value is -1.89. The summed E-state index contributed by atoms with van der Waals surface area (Å²) < 4.78 is 31.7. The molecule has 0 amide bonds. The van der Waals surface area contributed by atoms with Crippen molar-refractivity contribution in [1.82, 2.24) is 0 Å². The number of benzene rings is 1. The third-order valence-corrected chi connectivity index (χ3v) is 2.51. The molecule has 21 heavy (non-hydrogen) atoms. The van der Waals surface area contributed by atoms with Crippen molar-refractivity contribution in [2.75, 3.05) is 0 Å². The molecule has 0 bridgehead atoms. The molecule has 0 fully saturated rings. The van der Waals surface area contributed by atoms with E-state index in [2.05, 4.69) is 6.92 Å². The molecule has 0 heterocycles. The second-order valence-corrected chi connectivity index (χ2v) is 4.23. The highest BCUT2D eigenvalue weighted by atomic mass is 19.4. The van der Waals surface area contributed by atoms with Crippen LogP contribution in [-0.2, 0) is 11.3 Å². The Bertz CT molecular complexity index is 456. The predicted octanol–water partition coefficient (Wildman–Crippen LogP) is 3.15. The number of ketones is 1. The minimum Gasteiger partial charge on any atom is -0.475 e. The van der Waals surface area contributed by atoms with Crippen molar-refractivity contribution < 1.29 is 27.9 Å². The molecule has 4 nitrogen and oxygen atoms in total. The molecule has 7 heteroatoms. The zero-order valence-corrected chi connectivity index (χ0v) is 11.6. The van der Waals surface area contributed by atoms with Crippen LogP contribution in [0.4, 0.5) is 13.2 Å². The van der Waals surface area contributed by atoms with Crippen molar-refractivity contribution in [2.45, 2.75) is 38.9 Å². The summed E-state index contributed by atoms with van der Waals surface area (Å²) in [6.07, 6.45) is -2.40. The van der Waals surface area contributed by atoms with Crippen LogP contribution in [-0.4, -0.2) is 23.0 Å². The first-order valence-corrected chi connectivity index (χ1v) is 6.34. The van der Waals surface area contributed by atoms with E-state index in [0.29, 0.717) is 13.0 Å². The van der Waals surface area contributed by atoms with Crippen molar-refractivity contribution in [2.24, 2.45) is 5.73 Å². The van der Waals surface area contributed by atoms with Crippen LogP contribution in [0.3, 0.4) is 0 Å². The second kappa shape index (κ2) is 9.12. The zero-order valence-electron chi connectivity index (χ0n) is 11.6. The molecule has 0 aliphatic carbocycles. The molecule has 0 radical (unpaired) electrons. The second-order valence-electron chi connectivity index (χ2n) is 4.23. The van der Waals surface area contributed by atoms with E-state index < -0.39 is 12.1 Å². The van der Waals surface area contributed by atoms with Crippen LogP contribution in [0.15, 0.2) is 24.3 Å². The lowest BCUT2D eigenvalue weighted by Crippen LogP contribution is -2.21. The fourth-order valence-corrected chi connectivity index (χ4v) is 1.31. The lowest BCUT2D eigenvalue weighted by molar-refractivity contribution is -0.192. The number of carbonyl (C=O) groups excluding carboxylic acids is 1. The van der Waals surface area contributed by atoms with Gasteiger partial charge in [0.2, 0.25) is 0 Å². The number of halogens is 3. The van der Waals surface area contributed by atoms with Crippen molar-refractivity contribution >= 4 is 11.8 Å². The Morgan fingerprint density at radius 1 is 1.19 bits per heavy atom. The van der Waals surface area contributed by atoms with Crippen LogP contribution in [0.2, 0.25) is 0 Å². The largest absolute Gasteiger partial charge is 0.490 e. The molecule has 0 unspecified atom stereocenters. The molecule has 1 aromatic rings. The molecule has 3 N–H and O–H groups in total. The van der Waals surface area contributed by atoms with Crippen LogP contribution in [0.1, 0.15) is 42.1 Å². The van der Waals surface area contributed by atoms with Gasteiger partial charge in [-0.25, -0.2) is 4.79 Å². The SMILES string of the molecule is CCCCC(=O)c1ccc(CN)cc1.O=C(O)C(F)(F)F. The molecular formula is C14H18F3NO3. The first-order valence-electron chi connectivity index (χ1n) is 6.34. The Morgan fingerprint density at radius 2 is 1.67 bits per heavy atom. The van der Waals surface area contributed by atoms with Crippen molar-refractivity contribution in [3.05, 3.63) is 35.4 Å². The van der Waals surface area contributed by atoms with Gasteiger partial charge in [0.1, 0.15) is 0 Å². The first kappa shape index (κ1) is 19.1. The molecule has 0 spiro atoms. The van der Waals surface area contributed by atoms with Gasteiger partial charge in [0.25, 0.3) is 0 Å². The maximum absolute atomic E-state index is 11.6. The topological polar surface area (TPSA) is 80.4 Å². The van der Waals surface area contributed by atoms with E-state index in [4.69, 9.17) is 15.6 Å². The van der Waals surface area contributed by atoms with E-state index >= 15 is 0 Å². The number of Topliss-reactive ketones (excluding diaryl/α,β-unsaturated/α-hetero) is 1. The van der Waals surface area contributed by atoms with Crippen molar-refractivity contribution in [3.8, 4) is 0 Å². The number of hydrogen-bond acceptors (Lipinski definition) is 3. The van der Waals surface area contributed by atoms with Gasteiger partial charge in [0, 0.05) is 18.5 Å². The summed E-state index contributed by atoms with van der Waals surface area (Å²) in [4.78, 5) is 20.5. The maximum atomic E-state index is 11.6. The summed E-state index contributed by atoms with van der Waals surface area (Å²) in [6.45, 7) is 2.62. The molecule has 0 aromatic heterocycles. The zero-order chi connectivity index (χ0) is 16.5. The normalized spacial score (nSPS) is 10.5. The molecule has 1 aromatic carbocycles. The Kier molecular flexibility index (Phi) is 8.30. The lowest BCUT2D eigenvalue weighted by atomic mass is 10.0. The van der Waals surface area contributed by atoms with Crippen LogP contribution < -0.4 is 5.73 Å². The van der Waals surface area contributed by atoms with Gasteiger partial charge in [-0.05, 0) is 12.0 Å². The average Bonchev–Trinajstić information content (AvgIpc) is 2.44. The summed E-state index contributed by atoms with van der Waals surface area (Å²) in [5.41, 5.74) is 7.34. The van der Waals surface area contributed by atoms with Crippen LogP contribution in [0.5, 0.6) is 0 Å². The fourth-order valence-electron chi connectivity index (χ4n) is 1.31. The number of carbonyl (C=O) groups is 2.